The summed E-state index contributed by atoms with van der Waals surface area (Å²) in [6.07, 6.45) is 10.3. The quantitative estimate of drug-likeness (QED) is 0.804. The van der Waals surface area contributed by atoms with E-state index in [0.29, 0.717) is 0 Å². The lowest BCUT2D eigenvalue weighted by Crippen LogP contribution is -2.37. The first-order chi connectivity index (χ1) is 7.28. The fraction of sp³-hybridized carbons (Fsp3) is 0.615. The van der Waals surface area contributed by atoms with Crippen LogP contribution in [0, 0.1) is 6.92 Å². The van der Waals surface area contributed by atoms with Crippen LogP contribution >= 0.6 is 0 Å². The fourth-order valence-corrected chi connectivity index (χ4v) is 2.88. The van der Waals surface area contributed by atoms with E-state index in [1.54, 1.807) is 0 Å². The molecule has 1 saturated carbocycles. The molecule has 2 nitrogen and oxygen atoms in total. The average Bonchev–Trinajstić information content (AvgIpc) is 2.30. The largest absolute Gasteiger partial charge is 0.330 e. The van der Waals surface area contributed by atoms with Crippen molar-refractivity contribution in [3.8, 4) is 0 Å². The van der Waals surface area contributed by atoms with Gasteiger partial charge in [0.2, 0.25) is 0 Å². The maximum absolute atomic E-state index is 6.02. The van der Waals surface area contributed by atoms with Gasteiger partial charge in [0.05, 0.1) is 0 Å². The zero-order valence-electron chi connectivity index (χ0n) is 9.50. The van der Waals surface area contributed by atoms with Crippen molar-refractivity contribution in [3.05, 3.63) is 29.6 Å². The summed E-state index contributed by atoms with van der Waals surface area (Å²) < 4.78 is 0. The van der Waals surface area contributed by atoms with Gasteiger partial charge >= 0.3 is 0 Å². The van der Waals surface area contributed by atoms with Crippen molar-refractivity contribution in [1.82, 2.24) is 4.98 Å². The normalized spacial score (nSPS) is 20.1. The number of pyridine rings is 1. The Labute approximate surface area is 91.9 Å². The molecule has 1 aromatic heterocycles. The average molecular weight is 204 g/mol. The molecule has 0 bridgehead atoms. The number of aryl methyl sites for hydroxylation is 1. The van der Waals surface area contributed by atoms with Gasteiger partial charge in [0.15, 0.2) is 0 Å². The second-order valence-electron chi connectivity index (χ2n) is 4.74. The van der Waals surface area contributed by atoms with Gasteiger partial charge in [-0.1, -0.05) is 19.3 Å². The lowest BCUT2D eigenvalue weighted by atomic mass is 9.68. The maximum Gasteiger partial charge on any atom is 0.0300 e. The molecule has 2 rings (SSSR count). The van der Waals surface area contributed by atoms with Crippen LogP contribution in [0.1, 0.15) is 43.2 Å². The molecule has 0 amide bonds. The van der Waals surface area contributed by atoms with Crippen molar-refractivity contribution in [1.29, 1.82) is 0 Å². The molecule has 1 aromatic rings. The van der Waals surface area contributed by atoms with Crippen molar-refractivity contribution < 1.29 is 0 Å². The number of aromatic nitrogens is 1. The predicted octanol–water partition coefficient (Wildman–Crippen LogP) is 2.55. The van der Waals surface area contributed by atoms with Gasteiger partial charge in [-0.15, -0.1) is 0 Å². The van der Waals surface area contributed by atoms with Crippen LogP contribution in [0.3, 0.4) is 0 Å². The van der Waals surface area contributed by atoms with E-state index in [2.05, 4.69) is 18.0 Å². The Balaban J connectivity index is 2.36. The molecule has 2 heteroatoms. The SMILES string of the molecule is Cc1cnccc1C1(CN)CCCCC1. The first-order valence-corrected chi connectivity index (χ1v) is 5.90. The van der Waals surface area contributed by atoms with Crippen molar-refractivity contribution in [2.75, 3.05) is 6.54 Å². The first-order valence-electron chi connectivity index (χ1n) is 5.90. The van der Waals surface area contributed by atoms with E-state index in [0.717, 1.165) is 6.54 Å². The molecule has 1 aliphatic rings. The van der Waals surface area contributed by atoms with Gasteiger partial charge in [-0.25, -0.2) is 0 Å². The molecule has 0 unspecified atom stereocenters. The maximum atomic E-state index is 6.02. The zero-order chi connectivity index (χ0) is 10.7. The van der Waals surface area contributed by atoms with Crippen LogP contribution in [-0.4, -0.2) is 11.5 Å². The summed E-state index contributed by atoms with van der Waals surface area (Å²) >= 11 is 0. The molecule has 0 aliphatic heterocycles. The van der Waals surface area contributed by atoms with E-state index in [1.807, 2.05) is 12.4 Å². The monoisotopic (exact) mass is 204 g/mol. The van der Waals surface area contributed by atoms with Gasteiger partial charge in [0.1, 0.15) is 0 Å². The van der Waals surface area contributed by atoms with E-state index < -0.39 is 0 Å². The molecule has 82 valence electrons. The van der Waals surface area contributed by atoms with Crippen LogP contribution in [0.5, 0.6) is 0 Å². The highest BCUT2D eigenvalue weighted by Gasteiger charge is 2.33. The van der Waals surface area contributed by atoms with Gasteiger partial charge in [0, 0.05) is 24.4 Å². The Morgan fingerprint density at radius 1 is 1.33 bits per heavy atom. The lowest BCUT2D eigenvalue weighted by molar-refractivity contribution is 0.299. The number of nitrogens with two attached hydrogens (primary N) is 1. The minimum Gasteiger partial charge on any atom is -0.330 e. The minimum atomic E-state index is 0.241. The Morgan fingerprint density at radius 3 is 2.67 bits per heavy atom. The number of hydrogen-bond donors (Lipinski definition) is 1. The van der Waals surface area contributed by atoms with Crippen molar-refractivity contribution >= 4 is 0 Å². The molecule has 15 heavy (non-hydrogen) atoms. The molecule has 1 fully saturated rings. The van der Waals surface area contributed by atoms with Gasteiger partial charge in [0.25, 0.3) is 0 Å². The molecular formula is C13H20N2. The third-order valence-electron chi connectivity index (χ3n) is 3.79. The van der Waals surface area contributed by atoms with Gasteiger partial charge in [-0.3, -0.25) is 4.98 Å². The number of hydrogen-bond acceptors (Lipinski definition) is 2. The summed E-state index contributed by atoms with van der Waals surface area (Å²) in [6, 6.07) is 2.16. The Bertz CT molecular complexity index is 327. The summed E-state index contributed by atoms with van der Waals surface area (Å²) in [6.45, 7) is 2.92. The van der Waals surface area contributed by atoms with Crippen LogP contribution in [0.15, 0.2) is 18.5 Å². The summed E-state index contributed by atoms with van der Waals surface area (Å²) in [4.78, 5) is 4.16. The molecular weight excluding hydrogens is 184 g/mol. The predicted molar refractivity (Wildman–Crippen MR) is 62.8 cm³/mol. The third kappa shape index (κ3) is 1.91. The highest BCUT2D eigenvalue weighted by atomic mass is 14.6. The molecule has 0 aromatic carbocycles. The van der Waals surface area contributed by atoms with Crippen LogP contribution in [0.4, 0.5) is 0 Å². The molecule has 0 atom stereocenters. The Hall–Kier alpha value is -0.890. The Kier molecular flexibility index (Phi) is 3.06. The summed E-state index contributed by atoms with van der Waals surface area (Å²) in [7, 11) is 0. The van der Waals surface area contributed by atoms with Crippen LogP contribution in [0.25, 0.3) is 0 Å². The molecule has 0 spiro atoms. The molecule has 0 saturated heterocycles. The highest BCUT2D eigenvalue weighted by molar-refractivity contribution is 5.31. The second kappa shape index (κ2) is 4.31. The van der Waals surface area contributed by atoms with Gasteiger partial charge < -0.3 is 5.73 Å². The van der Waals surface area contributed by atoms with Crippen molar-refractivity contribution in [2.24, 2.45) is 5.73 Å². The molecule has 1 heterocycles. The van der Waals surface area contributed by atoms with E-state index in [-0.39, 0.29) is 5.41 Å². The molecule has 1 aliphatic carbocycles. The van der Waals surface area contributed by atoms with Gasteiger partial charge in [-0.2, -0.15) is 0 Å². The van der Waals surface area contributed by atoms with E-state index in [4.69, 9.17) is 5.73 Å². The summed E-state index contributed by atoms with van der Waals surface area (Å²) in [5, 5.41) is 0. The molecule has 2 N–H and O–H groups in total. The minimum absolute atomic E-state index is 0.241. The van der Waals surface area contributed by atoms with E-state index in [1.165, 1.54) is 43.2 Å². The zero-order valence-corrected chi connectivity index (χ0v) is 9.50. The first kappa shape index (κ1) is 10.6. The number of rotatable bonds is 2. The standard InChI is InChI=1S/C13H20N2/c1-11-9-15-8-5-12(11)13(10-14)6-3-2-4-7-13/h5,8-9H,2-4,6-7,10,14H2,1H3. The second-order valence-corrected chi connectivity index (χ2v) is 4.74. The molecule has 0 radical (unpaired) electrons. The summed E-state index contributed by atoms with van der Waals surface area (Å²) in [5.74, 6) is 0. The topological polar surface area (TPSA) is 38.9 Å². The van der Waals surface area contributed by atoms with Crippen LogP contribution in [0.2, 0.25) is 0 Å². The Morgan fingerprint density at radius 2 is 2.07 bits per heavy atom. The fourth-order valence-electron chi connectivity index (χ4n) is 2.88. The van der Waals surface area contributed by atoms with Crippen molar-refractivity contribution in [2.45, 2.75) is 44.4 Å². The van der Waals surface area contributed by atoms with Crippen LogP contribution in [-0.2, 0) is 5.41 Å². The van der Waals surface area contributed by atoms with E-state index >= 15 is 0 Å². The lowest BCUT2D eigenvalue weighted by Gasteiger charge is -2.37. The van der Waals surface area contributed by atoms with Crippen molar-refractivity contribution in [3.63, 3.8) is 0 Å². The highest BCUT2D eigenvalue weighted by Crippen LogP contribution is 2.39. The van der Waals surface area contributed by atoms with Crippen LogP contribution < -0.4 is 5.73 Å². The third-order valence-corrected chi connectivity index (χ3v) is 3.79. The van der Waals surface area contributed by atoms with E-state index in [9.17, 15) is 0 Å². The summed E-state index contributed by atoms with van der Waals surface area (Å²) in [5.41, 5.74) is 8.99. The van der Waals surface area contributed by atoms with Gasteiger partial charge in [-0.05, 0) is 37.0 Å². The smallest absolute Gasteiger partial charge is 0.0300 e. The number of nitrogens with zero attached hydrogens (tertiary/aromatic N) is 1.